The molecule has 0 radical (unpaired) electrons. The standard InChI is InChI=1S/C13H20O2/c1-4-10-11(9(2)3)7-13(12(10)14)5-6-15-8-13/h9H,4-8H2,1-3H3. The molecule has 1 fully saturated rings. The summed E-state index contributed by atoms with van der Waals surface area (Å²) in [6, 6.07) is 0. The lowest BCUT2D eigenvalue weighted by Crippen LogP contribution is -2.28. The van der Waals surface area contributed by atoms with E-state index >= 15 is 0 Å². The van der Waals surface area contributed by atoms with Gasteiger partial charge >= 0.3 is 0 Å². The average molecular weight is 208 g/mol. The van der Waals surface area contributed by atoms with E-state index in [0.717, 1.165) is 31.4 Å². The summed E-state index contributed by atoms with van der Waals surface area (Å²) in [5.41, 5.74) is 2.31. The van der Waals surface area contributed by atoms with Gasteiger partial charge in [-0.1, -0.05) is 26.3 Å². The van der Waals surface area contributed by atoms with E-state index in [1.807, 2.05) is 0 Å². The average Bonchev–Trinajstić information content (AvgIpc) is 2.76. The topological polar surface area (TPSA) is 26.3 Å². The van der Waals surface area contributed by atoms with E-state index in [1.54, 1.807) is 0 Å². The highest BCUT2D eigenvalue weighted by atomic mass is 16.5. The predicted octanol–water partition coefficient (Wildman–Crippen LogP) is 2.73. The van der Waals surface area contributed by atoms with Crippen molar-refractivity contribution in [2.75, 3.05) is 13.2 Å². The number of rotatable bonds is 2. The van der Waals surface area contributed by atoms with Gasteiger partial charge in [0.05, 0.1) is 12.0 Å². The second-order valence-electron chi connectivity index (χ2n) is 5.10. The molecule has 1 heterocycles. The molecule has 0 aromatic carbocycles. The number of ketones is 1. The van der Waals surface area contributed by atoms with E-state index in [0.29, 0.717) is 18.3 Å². The number of carbonyl (C=O) groups excluding carboxylic acids is 1. The van der Waals surface area contributed by atoms with Gasteiger partial charge in [-0.2, -0.15) is 0 Å². The van der Waals surface area contributed by atoms with Crippen LogP contribution in [0.2, 0.25) is 0 Å². The highest BCUT2D eigenvalue weighted by Crippen LogP contribution is 2.47. The molecule has 0 saturated carbocycles. The van der Waals surface area contributed by atoms with Gasteiger partial charge in [0.15, 0.2) is 5.78 Å². The van der Waals surface area contributed by atoms with Crippen LogP contribution in [-0.2, 0) is 9.53 Å². The van der Waals surface area contributed by atoms with Crippen molar-refractivity contribution in [3.05, 3.63) is 11.1 Å². The summed E-state index contributed by atoms with van der Waals surface area (Å²) in [4.78, 5) is 12.3. The number of Topliss-reactive ketones (excluding diaryl/α,β-unsaturated/α-hetero) is 1. The summed E-state index contributed by atoms with van der Waals surface area (Å²) in [5.74, 6) is 0.884. The second kappa shape index (κ2) is 3.75. The third-order valence-corrected chi connectivity index (χ3v) is 3.83. The minimum absolute atomic E-state index is 0.162. The summed E-state index contributed by atoms with van der Waals surface area (Å²) >= 11 is 0. The fourth-order valence-corrected chi connectivity index (χ4v) is 2.88. The fraction of sp³-hybridized carbons (Fsp3) is 0.769. The normalized spacial score (nSPS) is 31.3. The van der Waals surface area contributed by atoms with Crippen molar-refractivity contribution in [3.63, 3.8) is 0 Å². The molecule has 84 valence electrons. The quantitative estimate of drug-likeness (QED) is 0.697. The summed E-state index contributed by atoms with van der Waals surface area (Å²) in [6.45, 7) is 7.87. The molecule has 1 spiro atoms. The molecule has 0 amide bonds. The molecule has 0 bridgehead atoms. The van der Waals surface area contributed by atoms with Crippen LogP contribution in [0, 0.1) is 11.3 Å². The third-order valence-electron chi connectivity index (χ3n) is 3.83. The number of carbonyl (C=O) groups is 1. The monoisotopic (exact) mass is 208 g/mol. The maximum atomic E-state index is 12.3. The van der Waals surface area contributed by atoms with Crippen molar-refractivity contribution >= 4 is 5.78 Å². The number of hydrogen-bond donors (Lipinski definition) is 0. The molecule has 2 rings (SSSR count). The van der Waals surface area contributed by atoms with Crippen LogP contribution in [0.4, 0.5) is 0 Å². The van der Waals surface area contributed by atoms with Crippen LogP contribution < -0.4 is 0 Å². The molecule has 0 aromatic rings. The van der Waals surface area contributed by atoms with Crippen LogP contribution in [0.25, 0.3) is 0 Å². The van der Waals surface area contributed by atoms with Crippen LogP contribution in [0.1, 0.15) is 40.0 Å². The molecule has 15 heavy (non-hydrogen) atoms. The second-order valence-corrected chi connectivity index (χ2v) is 5.10. The molecule has 1 saturated heterocycles. The first kappa shape index (κ1) is 10.9. The summed E-state index contributed by atoms with van der Waals surface area (Å²) in [7, 11) is 0. The van der Waals surface area contributed by atoms with E-state index < -0.39 is 0 Å². The predicted molar refractivity (Wildman–Crippen MR) is 59.6 cm³/mol. The van der Waals surface area contributed by atoms with Gasteiger partial charge in [-0.05, 0) is 30.8 Å². The fourth-order valence-electron chi connectivity index (χ4n) is 2.88. The van der Waals surface area contributed by atoms with Crippen molar-refractivity contribution in [1.29, 1.82) is 0 Å². The van der Waals surface area contributed by atoms with Gasteiger partial charge < -0.3 is 4.74 Å². The maximum absolute atomic E-state index is 12.3. The number of ether oxygens (including phenoxy) is 1. The molecule has 1 atom stereocenters. The minimum atomic E-state index is -0.162. The van der Waals surface area contributed by atoms with Gasteiger partial charge in [0.2, 0.25) is 0 Å². The molecule has 0 N–H and O–H groups in total. The number of allylic oxidation sites excluding steroid dienone is 2. The van der Waals surface area contributed by atoms with Crippen molar-refractivity contribution in [2.45, 2.75) is 40.0 Å². The Morgan fingerprint density at radius 1 is 1.47 bits per heavy atom. The third kappa shape index (κ3) is 1.55. The highest BCUT2D eigenvalue weighted by Gasteiger charge is 2.48. The smallest absolute Gasteiger partial charge is 0.167 e. The lowest BCUT2D eigenvalue weighted by molar-refractivity contribution is -0.123. The molecule has 1 unspecified atom stereocenters. The Morgan fingerprint density at radius 2 is 2.20 bits per heavy atom. The van der Waals surface area contributed by atoms with Gasteiger partial charge in [-0.15, -0.1) is 0 Å². The van der Waals surface area contributed by atoms with Gasteiger partial charge in [0.1, 0.15) is 0 Å². The molecular formula is C13H20O2. The maximum Gasteiger partial charge on any atom is 0.167 e. The zero-order valence-electron chi connectivity index (χ0n) is 9.93. The van der Waals surface area contributed by atoms with Crippen LogP contribution in [-0.4, -0.2) is 19.0 Å². The van der Waals surface area contributed by atoms with Crippen molar-refractivity contribution in [1.82, 2.24) is 0 Å². The Kier molecular flexibility index (Phi) is 2.72. The van der Waals surface area contributed by atoms with E-state index in [1.165, 1.54) is 5.57 Å². The lowest BCUT2D eigenvalue weighted by Gasteiger charge is -2.19. The van der Waals surface area contributed by atoms with Gasteiger partial charge in [-0.3, -0.25) is 4.79 Å². The molecule has 1 aliphatic carbocycles. The van der Waals surface area contributed by atoms with Gasteiger partial charge in [-0.25, -0.2) is 0 Å². The van der Waals surface area contributed by atoms with E-state index in [-0.39, 0.29) is 5.41 Å². The first-order valence-electron chi connectivity index (χ1n) is 5.95. The summed E-state index contributed by atoms with van der Waals surface area (Å²) in [6.07, 6.45) is 2.76. The van der Waals surface area contributed by atoms with Gasteiger partial charge in [0, 0.05) is 6.61 Å². The molecule has 1 aliphatic heterocycles. The first-order chi connectivity index (χ1) is 7.10. The van der Waals surface area contributed by atoms with Crippen molar-refractivity contribution in [3.8, 4) is 0 Å². The Morgan fingerprint density at radius 3 is 2.60 bits per heavy atom. The Bertz CT molecular complexity index is 306. The molecular weight excluding hydrogens is 188 g/mol. The van der Waals surface area contributed by atoms with Crippen LogP contribution in [0.5, 0.6) is 0 Å². The molecule has 2 heteroatoms. The van der Waals surface area contributed by atoms with Gasteiger partial charge in [0.25, 0.3) is 0 Å². The molecule has 2 nitrogen and oxygen atoms in total. The Labute approximate surface area is 91.7 Å². The van der Waals surface area contributed by atoms with Crippen molar-refractivity contribution in [2.24, 2.45) is 11.3 Å². The first-order valence-corrected chi connectivity index (χ1v) is 5.95. The van der Waals surface area contributed by atoms with Crippen LogP contribution in [0.3, 0.4) is 0 Å². The van der Waals surface area contributed by atoms with Crippen molar-refractivity contribution < 1.29 is 9.53 Å². The largest absolute Gasteiger partial charge is 0.380 e. The minimum Gasteiger partial charge on any atom is -0.380 e. The summed E-state index contributed by atoms with van der Waals surface area (Å²) in [5, 5.41) is 0. The molecule has 0 aromatic heterocycles. The zero-order chi connectivity index (χ0) is 11.1. The van der Waals surface area contributed by atoms with E-state index in [9.17, 15) is 4.79 Å². The van der Waals surface area contributed by atoms with Crippen LogP contribution >= 0.6 is 0 Å². The molecule has 2 aliphatic rings. The van der Waals surface area contributed by atoms with E-state index in [2.05, 4.69) is 20.8 Å². The zero-order valence-corrected chi connectivity index (χ0v) is 9.93. The Balaban J connectivity index is 2.31. The summed E-state index contributed by atoms with van der Waals surface area (Å²) < 4.78 is 5.43. The van der Waals surface area contributed by atoms with Crippen LogP contribution in [0.15, 0.2) is 11.1 Å². The Hall–Kier alpha value is -0.630. The highest BCUT2D eigenvalue weighted by molar-refractivity contribution is 6.03. The number of hydrogen-bond acceptors (Lipinski definition) is 2. The lowest BCUT2D eigenvalue weighted by atomic mass is 9.81. The van der Waals surface area contributed by atoms with E-state index in [4.69, 9.17) is 4.74 Å². The SMILES string of the molecule is CCC1=C(C(C)C)CC2(CCOC2)C1=O.